The minimum absolute atomic E-state index is 0.0130. The van der Waals surface area contributed by atoms with Gasteiger partial charge in [-0.3, -0.25) is 33.3 Å². The van der Waals surface area contributed by atoms with E-state index in [-0.39, 0.29) is 79.7 Å². The van der Waals surface area contributed by atoms with Crippen molar-refractivity contribution < 1.29 is 60.5 Å². The number of fused-ring (bicyclic) bond motifs is 8. The Balaban J connectivity index is 0.877. The first-order chi connectivity index (χ1) is 39.9. The minimum Gasteiger partial charge on any atom is -0.493 e. The van der Waals surface area contributed by atoms with Crippen LogP contribution < -0.4 is 34.6 Å². The maximum absolute atomic E-state index is 14.2. The van der Waals surface area contributed by atoms with Crippen LogP contribution in [0.25, 0.3) is 0 Å². The number of anilines is 3. The lowest BCUT2D eigenvalue weighted by Gasteiger charge is -2.26. The molecule has 5 aromatic rings. The van der Waals surface area contributed by atoms with Crippen LogP contribution in [0.3, 0.4) is 0 Å². The second kappa shape index (κ2) is 25.7. The number of ether oxygens (including phenoxy) is 3. The van der Waals surface area contributed by atoms with Gasteiger partial charge in [0, 0.05) is 81.7 Å². The smallest absolute Gasteiger partial charge is 0.275 e. The average molecular weight is 1200 g/mol. The predicted molar refractivity (Wildman–Crippen MR) is 328 cm³/mol. The molecule has 6 atom stereocenters. The third kappa shape index (κ3) is 13.9. The van der Waals surface area contributed by atoms with Gasteiger partial charge >= 0.3 is 0 Å². The number of para-hydroxylation sites is 2. The maximum atomic E-state index is 14.2. The lowest BCUT2D eigenvalue weighted by atomic mass is 9.99. The van der Waals surface area contributed by atoms with E-state index in [1.165, 1.54) is 28.7 Å². The van der Waals surface area contributed by atoms with Gasteiger partial charge in [0.15, 0.2) is 23.1 Å². The SMILES string of the molecule is CCC(=O)C(CC(C)SSC(C)(C)CCC(=O)N[C@@H](C)C(=O)C[C@@H](C)C(=O)Nc1cc(COc2cc3c(cc2C)C(=O)N2c4ccccc4C[C@H]2[C-]=[N+]3C)cc(COc2cc3c(cc2OC)C(=O)N2c4ccccc4C[C@H]2CC3)c1)S(=O)(=O)O. The van der Waals surface area contributed by atoms with E-state index in [0.717, 1.165) is 46.5 Å². The Bertz CT molecular complexity index is 3570. The van der Waals surface area contributed by atoms with Gasteiger partial charge in [-0.2, -0.15) is 8.42 Å². The van der Waals surface area contributed by atoms with E-state index in [1.54, 1.807) is 45.9 Å². The number of carbonyl (C=O) groups excluding carboxylic acids is 6. The Labute approximate surface area is 499 Å². The fraction of sp³-hybridized carbons (Fsp3) is 0.422. The van der Waals surface area contributed by atoms with Crippen molar-refractivity contribution in [1.29, 1.82) is 0 Å². The van der Waals surface area contributed by atoms with Crippen LogP contribution in [0.15, 0.2) is 91.0 Å². The average Bonchev–Trinajstić information content (AvgIpc) is 1.83. The van der Waals surface area contributed by atoms with E-state index in [9.17, 15) is 41.7 Å². The molecule has 2 unspecified atom stereocenters. The van der Waals surface area contributed by atoms with Crippen molar-refractivity contribution in [3.63, 3.8) is 0 Å². The summed E-state index contributed by atoms with van der Waals surface area (Å²) in [5.74, 6) is -1.25. The summed E-state index contributed by atoms with van der Waals surface area (Å²) in [6.07, 6.45) is 6.68. The van der Waals surface area contributed by atoms with Crippen molar-refractivity contribution in [2.45, 2.75) is 153 Å². The molecule has 4 amide bonds. The van der Waals surface area contributed by atoms with E-state index >= 15 is 0 Å². The number of benzene rings is 5. The van der Waals surface area contributed by atoms with Crippen LogP contribution in [0, 0.1) is 12.8 Å². The number of rotatable bonds is 24. The van der Waals surface area contributed by atoms with Crippen molar-refractivity contribution in [2.24, 2.45) is 5.92 Å². The van der Waals surface area contributed by atoms with Crippen LogP contribution in [0.2, 0.25) is 0 Å². The molecule has 0 aliphatic carbocycles. The summed E-state index contributed by atoms with van der Waals surface area (Å²) in [6, 6.07) is 27.7. The highest BCUT2D eigenvalue weighted by Gasteiger charge is 2.39. The zero-order valence-electron chi connectivity index (χ0n) is 48.9. The highest BCUT2D eigenvalue weighted by molar-refractivity contribution is 8.77. The van der Waals surface area contributed by atoms with E-state index in [1.807, 2.05) is 109 Å². The Morgan fingerprint density at radius 1 is 0.821 bits per heavy atom. The molecule has 0 saturated carbocycles. The van der Waals surface area contributed by atoms with E-state index in [2.05, 4.69) is 22.9 Å². The third-order valence-electron chi connectivity index (χ3n) is 16.0. The highest BCUT2D eigenvalue weighted by atomic mass is 33.1. The van der Waals surface area contributed by atoms with Crippen molar-refractivity contribution in [1.82, 2.24) is 5.32 Å². The van der Waals surface area contributed by atoms with Crippen LogP contribution in [0.4, 0.5) is 22.7 Å². The topological polar surface area (TPSA) is 218 Å². The summed E-state index contributed by atoms with van der Waals surface area (Å²) >= 11 is 0. The third-order valence-corrected chi connectivity index (χ3v) is 21.1. The van der Waals surface area contributed by atoms with Crippen LogP contribution in [0.1, 0.15) is 134 Å². The predicted octanol–water partition coefficient (Wildman–Crippen LogP) is 10.5. The van der Waals surface area contributed by atoms with Gasteiger partial charge in [-0.25, -0.2) is 0 Å². The monoisotopic (exact) mass is 1200 g/mol. The molecule has 0 radical (unpaired) electrons. The first kappa shape index (κ1) is 61.6. The normalized spacial score (nSPS) is 17.6. The first-order valence-corrected chi connectivity index (χ1v) is 32.2. The van der Waals surface area contributed by atoms with Gasteiger partial charge < -0.3 is 39.2 Å². The maximum Gasteiger partial charge on any atom is 0.275 e. The molecule has 3 N–H and O–H groups in total. The van der Waals surface area contributed by atoms with Crippen molar-refractivity contribution in [3.05, 3.63) is 136 Å². The molecular formula is C64H73N5O12S3. The fourth-order valence-corrected chi connectivity index (χ4v) is 15.1. The second-order valence-corrected chi connectivity index (χ2v) is 27.9. The number of methoxy groups -OCH3 is 1. The zero-order chi connectivity index (χ0) is 60.4. The molecule has 0 aromatic heterocycles. The largest absolute Gasteiger partial charge is 0.493 e. The lowest BCUT2D eigenvalue weighted by Crippen LogP contribution is -2.40. The van der Waals surface area contributed by atoms with Crippen LogP contribution in [0.5, 0.6) is 17.2 Å². The number of ketones is 2. The standard InChI is InChI=1S/C64H73N5O12S3/c1-10-54(70)59(84(76,77)78)25-39(4)82-83-64(6,7)22-21-60(72)65-40(5)55(71)24-38(3)61(73)66-46-27-41(35-80-56-33-53-50(23-37(56)2)63(75)69-48(34-67(53)8)30-45-16-12-14-18-52(45)69)26-42(28-46)36-81-58-31-43-19-20-47-29-44-15-11-13-17-51(44)68(47)62(74)49(43)32-57(58)79-9/h11-18,23,26-28,31-33,38-40,47-48,59H,10,19-22,24-25,29-30,35-36H2,1-9H3,(H,65,72)(H,66,73)(H,76,77,78)/t38-,39?,40+,47-,48+,59?/m1/s1. The number of nitrogens with zero attached hydrogens (tertiary/aromatic N) is 3. The van der Waals surface area contributed by atoms with Gasteiger partial charge in [0.1, 0.15) is 31.3 Å². The number of hydrogen-bond donors (Lipinski definition) is 3. The number of nitrogens with one attached hydrogen (secondary N) is 2. The molecule has 0 saturated heterocycles. The first-order valence-electron chi connectivity index (χ1n) is 28.4. The van der Waals surface area contributed by atoms with Gasteiger partial charge in [-0.1, -0.05) is 84.8 Å². The summed E-state index contributed by atoms with van der Waals surface area (Å²) in [5.41, 5.74) is 9.20. The van der Waals surface area contributed by atoms with Gasteiger partial charge in [0.05, 0.1) is 18.8 Å². The van der Waals surface area contributed by atoms with Gasteiger partial charge in [-0.15, -0.1) is 0 Å². The molecule has 4 aliphatic rings. The van der Waals surface area contributed by atoms with Gasteiger partial charge in [0.25, 0.3) is 16.0 Å². The van der Waals surface area contributed by atoms with Crippen LogP contribution >= 0.6 is 21.6 Å². The molecule has 0 fully saturated rings. The number of Topliss-reactive ketones (excluding diaryl/α,β-unsaturated/α-hetero) is 2. The van der Waals surface area contributed by atoms with Crippen LogP contribution in [-0.4, -0.2) is 106 Å². The van der Waals surface area contributed by atoms with Crippen molar-refractivity contribution in [2.75, 3.05) is 29.3 Å². The molecule has 0 spiro atoms. The van der Waals surface area contributed by atoms with E-state index < -0.39 is 43.8 Å². The van der Waals surface area contributed by atoms with Gasteiger partial charge in [-0.05, 0) is 148 Å². The van der Waals surface area contributed by atoms with E-state index in [4.69, 9.17) is 14.2 Å². The minimum atomic E-state index is -4.55. The Morgan fingerprint density at radius 3 is 2.13 bits per heavy atom. The molecule has 4 aliphatic heterocycles. The summed E-state index contributed by atoms with van der Waals surface area (Å²) in [6.45, 7) is 12.4. The molecule has 20 heteroatoms. The molecule has 5 aromatic carbocycles. The fourth-order valence-electron chi connectivity index (χ4n) is 11.4. The van der Waals surface area contributed by atoms with Crippen molar-refractivity contribution >= 4 is 95.9 Å². The summed E-state index contributed by atoms with van der Waals surface area (Å²) in [7, 11) is 1.69. The van der Waals surface area contributed by atoms with Gasteiger partial charge in [0.2, 0.25) is 17.7 Å². The van der Waals surface area contributed by atoms with Crippen LogP contribution in [-0.2, 0) is 61.8 Å². The summed E-state index contributed by atoms with van der Waals surface area (Å²) in [5, 5.41) is 4.00. The summed E-state index contributed by atoms with van der Waals surface area (Å²) in [4.78, 5) is 85.2. The molecule has 84 heavy (non-hydrogen) atoms. The Hall–Kier alpha value is -7.00. The molecule has 444 valence electrons. The van der Waals surface area contributed by atoms with E-state index in [0.29, 0.717) is 70.1 Å². The number of carbonyl (C=O) groups is 6. The molecular weight excluding hydrogens is 1130 g/mol. The Morgan fingerprint density at radius 2 is 1.46 bits per heavy atom. The summed E-state index contributed by atoms with van der Waals surface area (Å²) < 4.78 is 53.7. The number of amides is 4. The molecule has 0 bridgehead atoms. The zero-order valence-corrected chi connectivity index (χ0v) is 51.4. The lowest BCUT2D eigenvalue weighted by molar-refractivity contribution is -0.401. The second-order valence-electron chi connectivity index (χ2n) is 23.0. The quantitative estimate of drug-likeness (QED) is 0.0227. The molecule has 9 rings (SSSR count). The number of hydrogen-bond acceptors (Lipinski definition) is 13. The molecule has 4 heterocycles. The highest BCUT2D eigenvalue weighted by Crippen LogP contribution is 2.44. The Kier molecular flexibility index (Phi) is 18.8. The molecule has 17 nitrogen and oxygen atoms in total. The van der Waals surface area contributed by atoms with Crippen molar-refractivity contribution in [3.8, 4) is 17.2 Å². The number of aryl methyl sites for hydroxylation is 2.